The third-order valence-corrected chi connectivity index (χ3v) is 6.38. The van der Waals surface area contributed by atoms with Gasteiger partial charge in [0.1, 0.15) is 11.4 Å². The van der Waals surface area contributed by atoms with Gasteiger partial charge >= 0.3 is 5.97 Å². The van der Waals surface area contributed by atoms with E-state index in [4.69, 9.17) is 14.2 Å². The van der Waals surface area contributed by atoms with Crippen molar-refractivity contribution in [2.45, 2.75) is 13.0 Å². The number of benzene rings is 4. The SMILES string of the molecule is COc1ccc(-c2c(C(=O)O)n(CCCOc3cccc4ccccc34)c3ccccc23)cc1OC. The Labute approximate surface area is 209 Å². The molecule has 1 N–H and O–H groups in total. The number of carboxylic acid groups (broad SMARTS) is 1. The fourth-order valence-electron chi connectivity index (χ4n) is 4.77. The molecule has 0 spiro atoms. The van der Waals surface area contributed by atoms with E-state index in [1.165, 1.54) is 0 Å². The van der Waals surface area contributed by atoms with E-state index in [0.717, 1.165) is 33.0 Å². The molecule has 1 aromatic heterocycles. The second kappa shape index (κ2) is 10.0. The van der Waals surface area contributed by atoms with Crippen molar-refractivity contribution >= 4 is 27.6 Å². The zero-order chi connectivity index (χ0) is 25.1. The van der Waals surface area contributed by atoms with Gasteiger partial charge in [0.15, 0.2) is 11.5 Å². The molecule has 6 heteroatoms. The third-order valence-electron chi connectivity index (χ3n) is 6.38. The highest BCUT2D eigenvalue weighted by Crippen LogP contribution is 2.39. The third kappa shape index (κ3) is 4.22. The van der Waals surface area contributed by atoms with E-state index in [1.807, 2.05) is 71.3 Å². The zero-order valence-corrected chi connectivity index (χ0v) is 20.2. The van der Waals surface area contributed by atoms with Gasteiger partial charge in [-0.15, -0.1) is 0 Å². The van der Waals surface area contributed by atoms with Crippen molar-refractivity contribution in [2.75, 3.05) is 20.8 Å². The van der Waals surface area contributed by atoms with Gasteiger partial charge in [0, 0.05) is 28.4 Å². The fraction of sp³-hybridized carbons (Fsp3) is 0.167. The van der Waals surface area contributed by atoms with Crippen LogP contribution in [0.2, 0.25) is 0 Å². The van der Waals surface area contributed by atoms with Gasteiger partial charge < -0.3 is 23.9 Å². The van der Waals surface area contributed by atoms with Crippen LogP contribution in [-0.4, -0.2) is 36.5 Å². The highest BCUT2D eigenvalue weighted by atomic mass is 16.5. The van der Waals surface area contributed by atoms with Crippen molar-refractivity contribution in [3.8, 4) is 28.4 Å². The van der Waals surface area contributed by atoms with E-state index in [2.05, 4.69) is 12.1 Å². The molecule has 0 amide bonds. The van der Waals surface area contributed by atoms with E-state index in [9.17, 15) is 9.90 Å². The number of rotatable bonds is 9. The molecular formula is C30H27NO5. The number of hydrogen-bond donors (Lipinski definition) is 1. The number of carboxylic acids is 1. The molecule has 0 unspecified atom stereocenters. The number of para-hydroxylation sites is 1. The lowest BCUT2D eigenvalue weighted by Gasteiger charge is -2.12. The summed E-state index contributed by atoms with van der Waals surface area (Å²) >= 11 is 0. The normalized spacial score (nSPS) is 11.1. The van der Waals surface area contributed by atoms with Crippen LogP contribution >= 0.6 is 0 Å². The summed E-state index contributed by atoms with van der Waals surface area (Å²) in [6.45, 7) is 0.964. The number of aryl methyl sites for hydroxylation is 1. The summed E-state index contributed by atoms with van der Waals surface area (Å²) in [6, 6.07) is 27.3. The van der Waals surface area contributed by atoms with E-state index in [1.54, 1.807) is 20.3 Å². The number of hydrogen-bond acceptors (Lipinski definition) is 4. The van der Waals surface area contributed by atoms with Gasteiger partial charge in [-0.2, -0.15) is 0 Å². The Bertz CT molecular complexity index is 1550. The van der Waals surface area contributed by atoms with Crippen molar-refractivity contribution in [3.05, 3.63) is 90.6 Å². The molecule has 0 aliphatic heterocycles. The summed E-state index contributed by atoms with van der Waals surface area (Å²) < 4.78 is 18.8. The standard InChI is InChI=1S/C30H27NO5/c1-34-26-16-15-21(19-27(26)35-2)28-23-12-5-6-13-24(23)31(29(28)30(32)33)17-8-18-36-25-14-7-10-20-9-3-4-11-22(20)25/h3-7,9-16,19H,8,17-18H2,1-2H3,(H,32,33). The summed E-state index contributed by atoms with van der Waals surface area (Å²) in [5.41, 5.74) is 2.53. The molecule has 182 valence electrons. The number of carbonyl (C=O) groups is 1. The zero-order valence-electron chi connectivity index (χ0n) is 20.2. The van der Waals surface area contributed by atoms with Crippen LogP contribution in [0.5, 0.6) is 17.2 Å². The van der Waals surface area contributed by atoms with Crippen molar-refractivity contribution in [2.24, 2.45) is 0 Å². The Kier molecular flexibility index (Phi) is 6.50. The van der Waals surface area contributed by atoms with Crippen LogP contribution in [-0.2, 0) is 6.54 Å². The molecule has 1 heterocycles. The Morgan fingerprint density at radius 3 is 2.31 bits per heavy atom. The molecule has 0 fully saturated rings. The maximum absolute atomic E-state index is 12.6. The largest absolute Gasteiger partial charge is 0.493 e. The van der Waals surface area contributed by atoms with Gasteiger partial charge in [0.05, 0.1) is 20.8 Å². The van der Waals surface area contributed by atoms with E-state index in [-0.39, 0.29) is 5.69 Å². The number of aromatic carboxylic acids is 1. The smallest absolute Gasteiger partial charge is 0.353 e. The van der Waals surface area contributed by atoms with Gasteiger partial charge in [-0.3, -0.25) is 0 Å². The lowest BCUT2D eigenvalue weighted by atomic mass is 10.0. The first-order chi connectivity index (χ1) is 17.6. The summed E-state index contributed by atoms with van der Waals surface area (Å²) in [6.07, 6.45) is 0.646. The quantitative estimate of drug-likeness (QED) is 0.239. The average molecular weight is 482 g/mol. The number of methoxy groups -OCH3 is 2. The molecule has 4 aromatic carbocycles. The predicted molar refractivity (Wildman–Crippen MR) is 141 cm³/mol. The lowest BCUT2D eigenvalue weighted by Crippen LogP contribution is -2.12. The van der Waals surface area contributed by atoms with Crippen LogP contribution in [0, 0.1) is 0 Å². The van der Waals surface area contributed by atoms with Crippen LogP contribution in [0.3, 0.4) is 0 Å². The van der Waals surface area contributed by atoms with E-state index in [0.29, 0.717) is 36.6 Å². The van der Waals surface area contributed by atoms with Crippen LogP contribution < -0.4 is 14.2 Å². The van der Waals surface area contributed by atoms with Gasteiger partial charge in [0.2, 0.25) is 0 Å². The minimum Gasteiger partial charge on any atom is -0.493 e. The number of nitrogens with zero attached hydrogens (tertiary/aromatic N) is 1. The van der Waals surface area contributed by atoms with Gasteiger partial charge in [-0.25, -0.2) is 4.79 Å². The molecule has 36 heavy (non-hydrogen) atoms. The lowest BCUT2D eigenvalue weighted by molar-refractivity contribution is 0.0686. The molecule has 6 nitrogen and oxygen atoms in total. The van der Waals surface area contributed by atoms with Gasteiger partial charge in [0.25, 0.3) is 0 Å². The summed E-state index contributed by atoms with van der Waals surface area (Å²) in [7, 11) is 3.14. The maximum Gasteiger partial charge on any atom is 0.353 e. The first-order valence-corrected chi connectivity index (χ1v) is 11.8. The Balaban J connectivity index is 1.48. The Hall–Kier alpha value is -4.45. The fourth-order valence-corrected chi connectivity index (χ4v) is 4.77. The summed E-state index contributed by atoms with van der Waals surface area (Å²) in [5.74, 6) is 0.986. The average Bonchev–Trinajstić information content (AvgIpc) is 3.25. The molecule has 0 bridgehead atoms. The maximum atomic E-state index is 12.6. The number of fused-ring (bicyclic) bond motifs is 2. The first kappa shape index (κ1) is 23.3. The van der Waals surface area contributed by atoms with Crippen molar-refractivity contribution in [1.82, 2.24) is 4.57 Å². The minimum absolute atomic E-state index is 0.244. The highest BCUT2D eigenvalue weighted by molar-refractivity contribution is 6.08. The first-order valence-electron chi connectivity index (χ1n) is 11.8. The molecule has 0 radical (unpaired) electrons. The Morgan fingerprint density at radius 1 is 0.806 bits per heavy atom. The molecular weight excluding hydrogens is 454 g/mol. The monoisotopic (exact) mass is 481 g/mol. The minimum atomic E-state index is -0.981. The second-order valence-corrected chi connectivity index (χ2v) is 8.45. The molecule has 5 aromatic rings. The number of aromatic nitrogens is 1. The molecule has 0 aliphatic rings. The van der Waals surface area contributed by atoms with Crippen molar-refractivity contribution < 1.29 is 24.1 Å². The summed E-state index contributed by atoms with van der Waals surface area (Å²) in [5, 5.41) is 13.3. The predicted octanol–water partition coefficient (Wildman–Crippen LogP) is 6.65. The van der Waals surface area contributed by atoms with E-state index >= 15 is 0 Å². The van der Waals surface area contributed by atoms with Gasteiger partial charge in [-0.1, -0.05) is 60.7 Å². The molecule has 0 atom stereocenters. The van der Waals surface area contributed by atoms with Crippen LogP contribution in [0.15, 0.2) is 84.9 Å². The molecule has 0 saturated carbocycles. The second-order valence-electron chi connectivity index (χ2n) is 8.45. The van der Waals surface area contributed by atoms with Gasteiger partial charge in [-0.05, 0) is 41.6 Å². The topological polar surface area (TPSA) is 69.9 Å². The number of ether oxygens (including phenoxy) is 3. The molecule has 5 rings (SSSR count). The van der Waals surface area contributed by atoms with Crippen LogP contribution in [0.25, 0.3) is 32.8 Å². The Morgan fingerprint density at radius 2 is 1.53 bits per heavy atom. The van der Waals surface area contributed by atoms with E-state index < -0.39 is 5.97 Å². The van der Waals surface area contributed by atoms with Crippen LogP contribution in [0.1, 0.15) is 16.9 Å². The highest BCUT2D eigenvalue weighted by Gasteiger charge is 2.24. The van der Waals surface area contributed by atoms with Crippen molar-refractivity contribution in [1.29, 1.82) is 0 Å². The molecule has 0 aliphatic carbocycles. The van der Waals surface area contributed by atoms with Crippen molar-refractivity contribution in [3.63, 3.8) is 0 Å². The van der Waals surface area contributed by atoms with Crippen LogP contribution in [0.4, 0.5) is 0 Å². The summed E-state index contributed by atoms with van der Waals surface area (Å²) in [4.78, 5) is 12.6. The molecule has 0 saturated heterocycles.